The number of carboxylic acid groups (broad SMARTS) is 1. The third kappa shape index (κ3) is 1.83. The zero-order chi connectivity index (χ0) is 11.5. The minimum atomic E-state index is -1.02. The highest BCUT2D eigenvalue weighted by atomic mass is 16.4. The summed E-state index contributed by atoms with van der Waals surface area (Å²) < 4.78 is 1.59. The van der Waals surface area contributed by atoms with Gasteiger partial charge in [0.2, 0.25) is 0 Å². The number of carbonyl (C=O) groups is 1. The Bertz CT molecular complexity index is 515. The molecule has 5 nitrogen and oxygen atoms in total. The maximum absolute atomic E-state index is 10.7. The van der Waals surface area contributed by atoms with E-state index in [9.17, 15) is 4.79 Å². The van der Waals surface area contributed by atoms with Crippen LogP contribution in [0.4, 0.5) is 0 Å². The van der Waals surface area contributed by atoms with E-state index in [2.05, 4.69) is 16.9 Å². The predicted molar refractivity (Wildman–Crippen MR) is 58.0 cm³/mol. The molecule has 1 N–H and O–H groups in total. The first-order valence-electron chi connectivity index (χ1n) is 4.58. The van der Waals surface area contributed by atoms with Crippen LogP contribution in [0.25, 0.3) is 11.3 Å². The Labute approximate surface area is 91.6 Å². The molecule has 0 aliphatic carbocycles. The lowest BCUT2D eigenvalue weighted by atomic mass is 10.1. The highest BCUT2D eigenvalue weighted by Gasteiger charge is 2.06. The van der Waals surface area contributed by atoms with Gasteiger partial charge in [0.05, 0.1) is 23.7 Å². The average molecular weight is 215 g/mol. The zero-order valence-electron chi connectivity index (χ0n) is 8.37. The van der Waals surface area contributed by atoms with Gasteiger partial charge in [-0.25, -0.2) is 9.48 Å². The quantitative estimate of drug-likeness (QED) is 0.785. The van der Waals surface area contributed by atoms with E-state index in [0.29, 0.717) is 5.56 Å². The molecule has 0 spiro atoms. The molecule has 5 heteroatoms. The van der Waals surface area contributed by atoms with E-state index in [1.165, 1.54) is 0 Å². The summed E-state index contributed by atoms with van der Waals surface area (Å²) in [7, 11) is 0. The molecule has 0 unspecified atom stereocenters. The van der Waals surface area contributed by atoms with Crippen molar-refractivity contribution in [3.8, 4) is 5.69 Å². The van der Waals surface area contributed by atoms with Crippen molar-refractivity contribution < 1.29 is 9.90 Å². The van der Waals surface area contributed by atoms with Gasteiger partial charge in [-0.1, -0.05) is 23.9 Å². The fourth-order valence-corrected chi connectivity index (χ4v) is 1.28. The van der Waals surface area contributed by atoms with Crippen LogP contribution in [0.3, 0.4) is 0 Å². The van der Waals surface area contributed by atoms with Gasteiger partial charge in [0.1, 0.15) is 0 Å². The number of rotatable bonds is 3. The van der Waals surface area contributed by atoms with Crippen molar-refractivity contribution in [2.24, 2.45) is 0 Å². The number of aliphatic carboxylic acids is 1. The van der Waals surface area contributed by atoms with E-state index in [1.54, 1.807) is 41.3 Å². The van der Waals surface area contributed by atoms with Crippen molar-refractivity contribution in [2.75, 3.05) is 0 Å². The highest BCUT2D eigenvalue weighted by molar-refractivity contribution is 6.14. The molecule has 2 rings (SSSR count). The lowest BCUT2D eigenvalue weighted by Gasteiger charge is -2.03. The monoisotopic (exact) mass is 215 g/mol. The molecule has 1 aromatic carbocycles. The smallest absolute Gasteiger partial charge is 0.335 e. The molecule has 0 radical (unpaired) electrons. The van der Waals surface area contributed by atoms with Gasteiger partial charge in [-0.05, 0) is 17.7 Å². The fraction of sp³-hybridized carbons (Fsp3) is 0. The van der Waals surface area contributed by atoms with Crippen molar-refractivity contribution in [1.82, 2.24) is 15.0 Å². The lowest BCUT2D eigenvalue weighted by molar-refractivity contribution is -0.130. The van der Waals surface area contributed by atoms with Crippen LogP contribution in [0.2, 0.25) is 0 Å². The molecular weight excluding hydrogens is 206 g/mol. The van der Waals surface area contributed by atoms with Crippen LogP contribution in [0.5, 0.6) is 0 Å². The summed E-state index contributed by atoms with van der Waals surface area (Å²) in [5, 5.41) is 16.3. The highest BCUT2D eigenvalue weighted by Crippen LogP contribution is 2.15. The number of carboxylic acids is 1. The molecule has 0 bridgehead atoms. The minimum Gasteiger partial charge on any atom is -0.478 e. The Morgan fingerprint density at radius 3 is 2.50 bits per heavy atom. The van der Waals surface area contributed by atoms with E-state index >= 15 is 0 Å². The van der Waals surface area contributed by atoms with Crippen LogP contribution >= 0.6 is 0 Å². The van der Waals surface area contributed by atoms with Crippen LogP contribution in [0.1, 0.15) is 5.56 Å². The Kier molecular flexibility index (Phi) is 2.51. The molecule has 0 aliphatic rings. The van der Waals surface area contributed by atoms with Crippen LogP contribution < -0.4 is 0 Å². The first kappa shape index (κ1) is 10.1. The lowest BCUT2D eigenvalue weighted by Crippen LogP contribution is -1.99. The molecule has 2 aromatic rings. The molecular formula is C11H9N3O2. The van der Waals surface area contributed by atoms with Crippen molar-refractivity contribution in [1.29, 1.82) is 0 Å². The molecule has 80 valence electrons. The third-order valence-electron chi connectivity index (χ3n) is 2.16. The Balaban J connectivity index is 2.30. The van der Waals surface area contributed by atoms with Gasteiger partial charge >= 0.3 is 5.97 Å². The maximum atomic E-state index is 10.7. The molecule has 1 heterocycles. The zero-order valence-corrected chi connectivity index (χ0v) is 8.37. The summed E-state index contributed by atoms with van der Waals surface area (Å²) in [6.07, 6.45) is 3.28. The Morgan fingerprint density at radius 2 is 2.00 bits per heavy atom. The van der Waals surface area contributed by atoms with Gasteiger partial charge in [-0.3, -0.25) is 0 Å². The summed E-state index contributed by atoms with van der Waals surface area (Å²) >= 11 is 0. The summed E-state index contributed by atoms with van der Waals surface area (Å²) in [6.45, 7) is 3.48. The largest absolute Gasteiger partial charge is 0.478 e. The van der Waals surface area contributed by atoms with Gasteiger partial charge in [0.25, 0.3) is 0 Å². The molecule has 0 saturated carbocycles. The molecule has 0 saturated heterocycles. The number of aromatic nitrogens is 3. The van der Waals surface area contributed by atoms with Crippen LogP contribution in [0, 0.1) is 0 Å². The van der Waals surface area contributed by atoms with Crippen molar-refractivity contribution in [3.05, 3.63) is 48.8 Å². The Morgan fingerprint density at radius 1 is 1.31 bits per heavy atom. The van der Waals surface area contributed by atoms with Gasteiger partial charge in [0.15, 0.2) is 0 Å². The summed E-state index contributed by atoms with van der Waals surface area (Å²) in [5.41, 5.74) is 1.47. The molecule has 16 heavy (non-hydrogen) atoms. The van der Waals surface area contributed by atoms with Crippen molar-refractivity contribution in [2.45, 2.75) is 0 Å². The van der Waals surface area contributed by atoms with Crippen LogP contribution in [-0.2, 0) is 4.79 Å². The maximum Gasteiger partial charge on any atom is 0.335 e. The number of nitrogens with zero attached hydrogens (tertiary/aromatic N) is 3. The first-order valence-corrected chi connectivity index (χ1v) is 4.58. The number of hydrogen-bond acceptors (Lipinski definition) is 3. The van der Waals surface area contributed by atoms with Crippen LogP contribution in [0.15, 0.2) is 43.2 Å². The summed E-state index contributed by atoms with van der Waals surface area (Å²) in [6, 6.07) is 6.90. The van der Waals surface area contributed by atoms with Gasteiger partial charge in [-0.15, -0.1) is 5.10 Å². The standard InChI is InChI=1S/C11H9N3O2/c1-8(11(15)16)9-2-4-10(5-3-9)14-7-6-12-13-14/h2-7H,1H2,(H,15,16). The third-order valence-corrected chi connectivity index (χ3v) is 2.16. The van der Waals surface area contributed by atoms with Gasteiger partial charge in [-0.2, -0.15) is 0 Å². The normalized spacial score (nSPS) is 10.0. The molecule has 0 fully saturated rings. The second-order valence-electron chi connectivity index (χ2n) is 3.18. The van der Waals surface area contributed by atoms with E-state index < -0.39 is 5.97 Å². The fourth-order valence-electron chi connectivity index (χ4n) is 1.28. The predicted octanol–water partition coefficient (Wildman–Crippen LogP) is 1.37. The van der Waals surface area contributed by atoms with Crippen molar-refractivity contribution >= 4 is 11.5 Å². The average Bonchev–Trinajstić information content (AvgIpc) is 2.81. The second-order valence-corrected chi connectivity index (χ2v) is 3.18. The first-order chi connectivity index (χ1) is 7.68. The summed E-state index contributed by atoms with van der Waals surface area (Å²) in [4.78, 5) is 10.7. The number of hydrogen-bond donors (Lipinski definition) is 1. The SMILES string of the molecule is C=C(C(=O)O)c1ccc(-n2ccnn2)cc1. The topological polar surface area (TPSA) is 68.0 Å². The van der Waals surface area contributed by atoms with E-state index in [-0.39, 0.29) is 5.57 Å². The molecule has 0 atom stereocenters. The minimum absolute atomic E-state index is 0.0742. The van der Waals surface area contributed by atoms with Gasteiger partial charge < -0.3 is 5.11 Å². The molecule has 0 amide bonds. The molecule has 0 aliphatic heterocycles. The number of benzene rings is 1. The van der Waals surface area contributed by atoms with Crippen molar-refractivity contribution in [3.63, 3.8) is 0 Å². The van der Waals surface area contributed by atoms with Crippen LogP contribution in [-0.4, -0.2) is 26.1 Å². The van der Waals surface area contributed by atoms with E-state index in [1.807, 2.05) is 0 Å². The molecule has 1 aromatic heterocycles. The Hall–Kier alpha value is -2.43. The second kappa shape index (κ2) is 3.98. The van der Waals surface area contributed by atoms with Gasteiger partial charge in [0, 0.05) is 0 Å². The summed E-state index contributed by atoms with van der Waals surface area (Å²) in [5.74, 6) is -1.02. The van der Waals surface area contributed by atoms with E-state index in [0.717, 1.165) is 5.69 Å². The van der Waals surface area contributed by atoms with E-state index in [4.69, 9.17) is 5.11 Å².